The van der Waals surface area contributed by atoms with E-state index in [1.807, 2.05) is 0 Å². The van der Waals surface area contributed by atoms with Crippen LogP contribution < -0.4 is 5.73 Å². The standard InChI is InChI=1S/C9H17NO/c1-2-6-7-3-5(9(6)10)4-8(7)11/h5-9,11H,2-4,10H2,1H3. The largest absolute Gasteiger partial charge is 0.393 e. The highest BCUT2D eigenvalue weighted by molar-refractivity contribution is 5.02. The van der Waals surface area contributed by atoms with Crippen LogP contribution in [0, 0.1) is 17.8 Å². The first-order valence-corrected chi connectivity index (χ1v) is 4.67. The molecule has 0 aromatic carbocycles. The van der Waals surface area contributed by atoms with Crippen LogP contribution in [0.4, 0.5) is 0 Å². The van der Waals surface area contributed by atoms with Crippen molar-refractivity contribution in [2.75, 3.05) is 0 Å². The van der Waals surface area contributed by atoms with E-state index in [0.29, 0.717) is 23.8 Å². The fourth-order valence-electron chi connectivity index (χ4n) is 3.07. The van der Waals surface area contributed by atoms with E-state index in [2.05, 4.69) is 6.92 Å². The van der Waals surface area contributed by atoms with Gasteiger partial charge in [0.2, 0.25) is 0 Å². The zero-order chi connectivity index (χ0) is 8.01. The Morgan fingerprint density at radius 3 is 2.64 bits per heavy atom. The van der Waals surface area contributed by atoms with Gasteiger partial charge < -0.3 is 10.8 Å². The van der Waals surface area contributed by atoms with Crippen molar-refractivity contribution in [3.05, 3.63) is 0 Å². The summed E-state index contributed by atoms with van der Waals surface area (Å²) in [7, 11) is 0. The topological polar surface area (TPSA) is 46.2 Å². The van der Waals surface area contributed by atoms with Gasteiger partial charge in [0, 0.05) is 6.04 Å². The number of hydrogen-bond acceptors (Lipinski definition) is 2. The quantitative estimate of drug-likeness (QED) is 0.586. The Balaban J connectivity index is 2.13. The third-order valence-electron chi connectivity index (χ3n) is 3.67. The Labute approximate surface area is 67.8 Å². The van der Waals surface area contributed by atoms with Crippen LogP contribution in [0.1, 0.15) is 26.2 Å². The Morgan fingerprint density at radius 1 is 1.45 bits per heavy atom. The number of hydrogen-bond donors (Lipinski definition) is 2. The second kappa shape index (κ2) is 2.46. The Hall–Kier alpha value is -0.0800. The molecule has 0 heterocycles. The van der Waals surface area contributed by atoms with Gasteiger partial charge in [0.05, 0.1) is 6.10 Å². The van der Waals surface area contributed by atoms with Crippen molar-refractivity contribution in [3.8, 4) is 0 Å². The van der Waals surface area contributed by atoms with Crippen molar-refractivity contribution >= 4 is 0 Å². The minimum atomic E-state index is -0.0373. The molecule has 2 aliphatic rings. The Morgan fingerprint density at radius 2 is 2.18 bits per heavy atom. The molecular weight excluding hydrogens is 138 g/mol. The molecule has 0 amide bonds. The van der Waals surface area contributed by atoms with E-state index in [4.69, 9.17) is 5.73 Å². The van der Waals surface area contributed by atoms with Gasteiger partial charge in [-0.25, -0.2) is 0 Å². The molecule has 2 aliphatic carbocycles. The summed E-state index contributed by atoms with van der Waals surface area (Å²) in [5.74, 6) is 1.75. The molecule has 5 atom stereocenters. The van der Waals surface area contributed by atoms with Crippen LogP contribution in [0.3, 0.4) is 0 Å². The monoisotopic (exact) mass is 155 g/mol. The smallest absolute Gasteiger partial charge is 0.0575 e. The molecule has 2 nitrogen and oxygen atoms in total. The van der Waals surface area contributed by atoms with E-state index in [0.717, 1.165) is 12.8 Å². The number of fused-ring (bicyclic) bond motifs is 2. The molecule has 5 unspecified atom stereocenters. The Bertz CT molecular complexity index is 160. The minimum Gasteiger partial charge on any atom is -0.393 e. The summed E-state index contributed by atoms with van der Waals surface area (Å²) < 4.78 is 0. The lowest BCUT2D eigenvalue weighted by molar-refractivity contribution is 0.0706. The van der Waals surface area contributed by atoms with Gasteiger partial charge in [0.25, 0.3) is 0 Å². The zero-order valence-electron chi connectivity index (χ0n) is 7.03. The third kappa shape index (κ3) is 0.926. The normalized spacial score (nSPS) is 55.4. The highest BCUT2D eigenvalue weighted by Crippen LogP contribution is 2.48. The van der Waals surface area contributed by atoms with Crippen molar-refractivity contribution in [2.45, 2.75) is 38.3 Å². The second-order valence-electron chi connectivity index (χ2n) is 4.11. The first kappa shape index (κ1) is 7.56. The van der Waals surface area contributed by atoms with E-state index >= 15 is 0 Å². The van der Waals surface area contributed by atoms with E-state index in [1.165, 1.54) is 6.42 Å². The summed E-state index contributed by atoms with van der Waals surface area (Å²) >= 11 is 0. The minimum absolute atomic E-state index is 0.0373. The van der Waals surface area contributed by atoms with E-state index in [1.54, 1.807) is 0 Å². The van der Waals surface area contributed by atoms with Crippen molar-refractivity contribution in [3.63, 3.8) is 0 Å². The van der Waals surface area contributed by atoms with Gasteiger partial charge in [0.15, 0.2) is 0 Å². The molecule has 64 valence electrons. The highest BCUT2D eigenvalue weighted by Gasteiger charge is 2.49. The summed E-state index contributed by atoms with van der Waals surface area (Å²) in [6.07, 6.45) is 3.24. The van der Waals surface area contributed by atoms with Crippen LogP contribution >= 0.6 is 0 Å². The molecule has 0 aromatic heterocycles. The lowest BCUT2D eigenvalue weighted by Gasteiger charge is -2.30. The lowest BCUT2D eigenvalue weighted by atomic mass is 9.82. The van der Waals surface area contributed by atoms with Crippen LogP contribution in [-0.2, 0) is 0 Å². The molecule has 2 rings (SSSR count). The van der Waals surface area contributed by atoms with Crippen LogP contribution in [-0.4, -0.2) is 17.3 Å². The zero-order valence-corrected chi connectivity index (χ0v) is 7.03. The first-order chi connectivity index (χ1) is 5.24. The molecule has 2 saturated carbocycles. The van der Waals surface area contributed by atoms with Crippen LogP contribution in [0.5, 0.6) is 0 Å². The van der Waals surface area contributed by atoms with Gasteiger partial charge in [-0.3, -0.25) is 0 Å². The predicted octanol–water partition coefficient (Wildman–Crippen LogP) is 0.741. The van der Waals surface area contributed by atoms with Gasteiger partial charge in [-0.05, 0) is 30.6 Å². The average molecular weight is 155 g/mol. The van der Waals surface area contributed by atoms with Gasteiger partial charge in [0.1, 0.15) is 0 Å². The maximum absolute atomic E-state index is 9.58. The lowest BCUT2D eigenvalue weighted by Crippen LogP contribution is -2.40. The van der Waals surface area contributed by atoms with E-state index < -0.39 is 0 Å². The van der Waals surface area contributed by atoms with Crippen molar-refractivity contribution in [1.82, 2.24) is 0 Å². The molecule has 2 fully saturated rings. The van der Waals surface area contributed by atoms with Crippen molar-refractivity contribution in [1.29, 1.82) is 0 Å². The van der Waals surface area contributed by atoms with Crippen LogP contribution in [0.25, 0.3) is 0 Å². The fraction of sp³-hybridized carbons (Fsp3) is 1.00. The molecule has 0 radical (unpaired) electrons. The predicted molar refractivity (Wildman–Crippen MR) is 44.0 cm³/mol. The summed E-state index contributed by atoms with van der Waals surface area (Å²) in [4.78, 5) is 0. The maximum atomic E-state index is 9.58. The first-order valence-electron chi connectivity index (χ1n) is 4.67. The molecule has 2 bridgehead atoms. The highest BCUT2D eigenvalue weighted by atomic mass is 16.3. The molecule has 0 saturated heterocycles. The number of nitrogens with two attached hydrogens (primary N) is 1. The Kier molecular flexibility index (Phi) is 1.69. The van der Waals surface area contributed by atoms with Crippen LogP contribution in [0.2, 0.25) is 0 Å². The summed E-state index contributed by atoms with van der Waals surface area (Å²) in [6, 6.07) is 0.383. The number of aliphatic hydroxyl groups is 1. The van der Waals surface area contributed by atoms with Crippen molar-refractivity contribution < 1.29 is 5.11 Å². The molecule has 0 aromatic rings. The second-order valence-corrected chi connectivity index (χ2v) is 4.11. The van der Waals surface area contributed by atoms with Crippen molar-refractivity contribution in [2.24, 2.45) is 23.5 Å². The fourth-order valence-corrected chi connectivity index (χ4v) is 3.07. The number of aliphatic hydroxyl groups excluding tert-OH is 1. The SMILES string of the molecule is CCC1C(N)C2CC(O)C1C2. The summed E-state index contributed by atoms with van der Waals surface area (Å²) in [5.41, 5.74) is 6.03. The average Bonchev–Trinajstić information content (AvgIpc) is 2.45. The maximum Gasteiger partial charge on any atom is 0.0575 e. The van der Waals surface area contributed by atoms with Gasteiger partial charge in [-0.15, -0.1) is 0 Å². The molecule has 0 aliphatic heterocycles. The molecule has 2 heteroatoms. The molecular formula is C9H17NO. The molecule has 3 N–H and O–H groups in total. The van der Waals surface area contributed by atoms with Gasteiger partial charge >= 0.3 is 0 Å². The van der Waals surface area contributed by atoms with Gasteiger partial charge in [-0.1, -0.05) is 13.3 Å². The van der Waals surface area contributed by atoms with E-state index in [9.17, 15) is 5.11 Å². The molecule has 11 heavy (non-hydrogen) atoms. The molecule has 0 spiro atoms. The summed E-state index contributed by atoms with van der Waals surface area (Å²) in [5, 5.41) is 9.58. The summed E-state index contributed by atoms with van der Waals surface area (Å²) in [6.45, 7) is 2.18. The van der Waals surface area contributed by atoms with E-state index in [-0.39, 0.29) is 6.10 Å². The van der Waals surface area contributed by atoms with Gasteiger partial charge in [-0.2, -0.15) is 0 Å². The third-order valence-corrected chi connectivity index (χ3v) is 3.67. The number of rotatable bonds is 1. The van der Waals surface area contributed by atoms with Crippen LogP contribution in [0.15, 0.2) is 0 Å².